The molecular weight excluding hydrogens is 282 g/mol. The largest absolute Gasteiger partial charge is 0.340 e. The van der Waals surface area contributed by atoms with Crippen LogP contribution >= 0.6 is 11.3 Å². The average Bonchev–Trinajstić information content (AvgIpc) is 3.20. The average molecular weight is 297 g/mol. The van der Waals surface area contributed by atoms with Crippen LogP contribution in [0.1, 0.15) is 29.6 Å². The lowest BCUT2D eigenvalue weighted by molar-refractivity contribution is -0.129. The lowest BCUT2D eigenvalue weighted by atomic mass is 10.2. The van der Waals surface area contributed by atoms with Gasteiger partial charge in [-0.15, -0.1) is 11.3 Å². The minimum Gasteiger partial charge on any atom is -0.340 e. The van der Waals surface area contributed by atoms with E-state index in [2.05, 4.69) is 16.0 Å². The van der Waals surface area contributed by atoms with E-state index < -0.39 is 0 Å². The van der Waals surface area contributed by atoms with E-state index >= 15 is 0 Å². The van der Waals surface area contributed by atoms with Gasteiger partial charge in [0.1, 0.15) is 5.82 Å². The number of aromatic nitrogens is 2. The van der Waals surface area contributed by atoms with Crippen LogP contribution in [0.25, 0.3) is 11.0 Å². The van der Waals surface area contributed by atoms with Crippen LogP contribution in [0, 0.1) is 0 Å². The molecule has 0 bridgehead atoms. The maximum absolute atomic E-state index is 12.2. The Labute approximate surface area is 126 Å². The molecule has 4 nitrogen and oxygen atoms in total. The number of carbonyl (C=O) groups is 1. The number of thiophene rings is 1. The van der Waals surface area contributed by atoms with Gasteiger partial charge >= 0.3 is 0 Å². The molecule has 0 radical (unpaired) electrons. The van der Waals surface area contributed by atoms with E-state index in [-0.39, 0.29) is 11.9 Å². The molecule has 21 heavy (non-hydrogen) atoms. The van der Waals surface area contributed by atoms with Crippen molar-refractivity contribution in [3.05, 3.63) is 52.5 Å². The van der Waals surface area contributed by atoms with Gasteiger partial charge in [0.25, 0.3) is 0 Å². The van der Waals surface area contributed by atoms with Gasteiger partial charge in [0.2, 0.25) is 5.91 Å². The fourth-order valence-electron chi connectivity index (χ4n) is 2.92. The van der Waals surface area contributed by atoms with Crippen LogP contribution in [0.5, 0.6) is 0 Å². The van der Waals surface area contributed by atoms with Crippen LogP contribution in [-0.4, -0.2) is 20.8 Å². The van der Waals surface area contributed by atoms with E-state index in [9.17, 15) is 4.79 Å². The smallest absolute Gasteiger partial charge is 0.223 e. The fourth-order valence-corrected chi connectivity index (χ4v) is 3.62. The van der Waals surface area contributed by atoms with Crippen molar-refractivity contribution < 1.29 is 4.79 Å². The molecule has 3 heterocycles. The van der Waals surface area contributed by atoms with Gasteiger partial charge in [-0.1, -0.05) is 18.2 Å². The summed E-state index contributed by atoms with van der Waals surface area (Å²) in [4.78, 5) is 23.4. The molecule has 1 saturated heterocycles. The first-order chi connectivity index (χ1) is 10.3. The van der Waals surface area contributed by atoms with E-state index in [1.54, 1.807) is 11.3 Å². The molecule has 2 aromatic heterocycles. The molecule has 1 fully saturated rings. The Hall–Kier alpha value is -2.14. The summed E-state index contributed by atoms with van der Waals surface area (Å²) < 4.78 is 0. The van der Waals surface area contributed by atoms with Gasteiger partial charge in [0.05, 0.1) is 23.6 Å². The number of rotatable bonds is 3. The molecule has 1 N–H and O–H groups in total. The first kappa shape index (κ1) is 12.6. The predicted octanol–water partition coefficient (Wildman–Crippen LogP) is 3.49. The van der Waals surface area contributed by atoms with Gasteiger partial charge in [-0.3, -0.25) is 4.79 Å². The normalized spacial score (nSPS) is 18.8. The van der Waals surface area contributed by atoms with Crippen molar-refractivity contribution in [2.24, 2.45) is 0 Å². The molecule has 106 valence electrons. The number of hydrogen-bond donors (Lipinski definition) is 1. The molecule has 1 amide bonds. The summed E-state index contributed by atoms with van der Waals surface area (Å²) in [6.07, 6.45) is 1.44. The lowest BCUT2D eigenvalue weighted by Crippen LogP contribution is -2.27. The monoisotopic (exact) mass is 297 g/mol. The first-order valence-electron chi connectivity index (χ1n) is 7.08. The Balaban J connectivity index is 1.67. The number of hydrogen-bond acceptors (Lipinski definition) is 3. The highest BCUT2D eigenvalue weighted by molar-refractivity contribution is 7.09. The quantitative estimate of drug-likeness (QED) is 0.804. The molecule has 1 atom stereocenters. The number of H-pyrrole nitrogens is 1. The van der Waals surface area contributed by atoms with Crippen LogP contribution in [-0.2, 0) is 11.3 Å². The van der Waals surface area contributed by atoms with Crippen LogP contribution in [0.4, 0.5) is 0 Å². The van der Waals surface area contributed by atoms with Gasteiger partial charge in [-0.2, -0.15) is 0 Å². The van der Waals surface area contributed by atoms with Crippen molar-refractivity contribution in [3.8, 4) is 0 Å². The maximum Gasteiger partial charge on any atom is 0.223 e. The minimum absolute atomic E-state index is 0.0620. The highest BCUT2D eigenvalue weighted by Crippen LogP contribution is 2.34. The summed E-state index contributed by atoms with van der Waals surface area (Å²) in [7, 11) is 0. The van der Waals surface area contributed by atoms with Crippen molar-refractivity contribution in [2.75, 3.05) is 0 Å². The fraction of sp³-hybridized carbons (Fsp3) is 0.250. The number of nitrogens with one attached hydrogen (secondary N) is 1. The minimum atomic E-state index is 0.0620. The van der Waals surface area contributed by atoms with Crippen molar-refractivity contribution in [1.82, 2.24) is 14.9 Å². The highest BCUT2D eigenvalue weighted by atomic mass is 32.1. The van der Waals surface area contributed by atoms with Gasteiger partial charge in [0, 0.05) is 11.3 Å². The number of carbonyl (C=O) groups excluding carboxylic acids is 1. The summed E-state index contributed by atoms with van der Waals surface area (Å²) in [6, 6.07) is 12.2. The lowest BCUT2D eigenvalue weighted by Gasteiger charge is -2.22. The molecule has 5 heteroatoms. The number of likely N-dealkylation sites (tertiary alicyclic amines) is 1. The summed E-state index contributed by atoms with van der Waals surface area (Å²) in [5.41, 5.74) is 1.99. The number of benzene rings is 1. The highest BCUT2D eigenvalue weighted by Gasteiger charge is 2.34. The van der Waals surface area contributed by atoms with Crippen molar-refractivity contribution in [1.29, 1.82) is 0 Å². The Morgan fingerprint density at radius 2 is 2.19 bits per heavy atom. The van der Waals surface area contributed by atoms with E-state index in [1.165, 1.54) is 4.88 Å². The third kappa shape index (κ3) is 2.23. The third-order valence-electron chi connectivity index (χ3n) is 3.96. The molecule has 4 rings (SSSR count). The van der Waals surface area contributed by atoms with Crippen molar-refractivity contribution >= 4 is 28.3 Å². The van der Waals surface area contributed by atoms with E-state index in [1.807, 2.05) is 40.6 Å². The van der Waals surface area contributed by atoms with Gasteiger partial charge in [-0.25, -0.2) is 4.98 Å². The number of nitrogens with zero attached hydrogens (tertiary/aromatic N) is 2. The molecule has 1 aromatic carbocycles. The second-order valence-electron chi connectivity index (χ2n) is 5.29. The van der Waals surface area contributed by atoms with Gasteiger partial charge in [0.15, 0.2) is 0 Å². The number of fused-ring (bicyclic) bond motifs is 1. The van der Waals surface area contributed by atoms with Crippen molar-refractivity contribution in [3.63, 3.8) is 0 Å². The second kappa shape index (κ2) is 5.00. The summed E-state index contributed by atoms with van der Waals surface area (Å²) in [6.45, 7) is 0.679. The second-order valence-corrected chi connectivity index (χ2v) is 6.33. The first-order valence-corrected chi connectivity index (χ1v) is 7.96. The molecule has 0 aliphatic carbocycles. The summed E-state index contributed by atoms with van der Waals surface area (Å²) >= 11 is 1.69. The van der Waals surface area contributed by atoms with Gasteiger partial charge < -0.3 is 9.88 Å². The zero-order valence-corrected chi connectivity index (χ0v) is 12.3. The molecule has 1 aliphatic rings. The molecule has 3 aromatic rings. The number of imidazole rings is 1. The SMILES string of the molecule is O=C1CCC(c2nc3ccccc3[nH]2)N1Cc1cccs1. The Morgan fingerprint density at radius 3 is 3.00 bits per heavy atom. The molecule has 1 aliphatic heterocycles. The Bertz CT molecular complexity index is 745. The number of para-hydroxylation sites is 2. The topological polar surface area (TPSA) is 49.0 Å². The van der Waals surface area contributed by atoms with Crippen molar-refractivity contribution in [2.45, 2.75) is 25.4 Å². The maximum atomic E-state index is 12.2. The zero-order chi connectivity index (χ0) is 14.2. The summed E-state index contributed by atoms with van der Waals surface area (Å²) in [5.74, 6) is 1.12. The molecule has 1 unspecified atom stereocenters. The van der Waals surface area contributed by atoms with E-state index in [4.69, 9.17) is 0 Å². The third-order valence-corrected chi connectivity index (χ3v) is 4.82. The van der Waals surface area contributed by atoms with Crippen LogP contribution in [0.15, 0.2) is 41.8 Å². The zero-order valence-electron chi connectivity index (χ0n) is 11.5. The standard InChI is InChI=1S/C16H15N3OS/c20-15-8-7-14(19(15)10-11-4-3-9-21-11)16-17-12-5-1-2-6-13(12)18-16/h1-6,9,14H,7-8,10H2,(H,17,18). The molecular formula is C16H15N3OS. The number of aromatic amines is 1. The van der Waals surface area contributed by atoms with Gasteiger partial charge in [-0.05, 0) is 30.0 Å². The van der Waals surface area contributed by atoms with E-state index in [0.29, 0.717) is 13.0 Å². The van der Waals surface area contributed by atoms with Crippen LogP contribution in [0.2, 0.25) is 0 Å². The molecule has 0 saturated carbocycles. The van der Waals surface area contributed by atoms with Crippen LogP contribution in [0.3, 0.4) is 0 Å². The van der Waals surface area contributed by atoms with E-state index in [0.717, 1.165) is 23.3 Å². The van der Waals surface area contributed by atoms with Crippen LogP contribution < -0.4 is 0 Å². The Kier molecular flexibility index (Phi) is 3.00. The summed E-state index contributed by atoms with van der Waals surface area (Å²) in [5, 5.41) is 2.05. The number of amides is 1. The Morgan fingerprint density at radius 1 is 1.29 bits per heavy atom. The predicted molar refractivity (Wildman–Crippen MR) is 82.9 cm³/mol. The molecule has 0 spiro atoms.